The number of hydrogen-bond donors (Lipinski definition) is 1. The quantitative estimate of drug-likeness (QED) is 0.653. The van der Waals surface area contributed by atoms with E-state index in [0.717, 1.165) is 0 Å². The van der Waals surface area contributed by atoms with Crippen LogP contribution in [0.3, 0.4) is 0 Å². The first-order valence-corrected chi connectivity index (χ1v) is 4.41. The van der Waals surface area contributed by atoms with Crippen LogP contribution < -0.4 is 0 Å². The normalized spacial score (nSPS) is 9.86. The number of aromatic carboxylic acids is 1. The van der Waals surface area contributed by atoms with Gasteiger partial charge in [-0.1, -0.05) is 0 Å². The van der Waals surface area contributed by atoms with Crippen LogP contribution in [0.1, 0.15) is 15.9 Å². The summed E-state index contributed by atoms with van der Waals surface area (Å²) in [7, 11) is 0. The predicted molar refractivity (Wildman–Crippen MR) is 52.5 cm³/mol. The SMILES string of the molecule is Cc1c(C(=O)O)ccc([N+](=O)[O-])c1Br. The zero-order valence-electron chi connectivity index (χ0n) is 7.15. The number of nitrogens with zero attached hydrogens (tertiary/aromatic N) is 1. The third-order valence-corrected chi connectivity index (χ3v) is 2.79. The number of nitro benzene ring substituents is 1. The van der Waals surface area contributed by atoms with Crippen molar-refractivity contribution in [2.45, 2.75) is 6.92 Å². The van der Waals surface area contributed by atoms with Gasteiger partial charge in [0.05, 0.1) is 15.0 Å². The number of carbonyl (C=O) groups is 1. The van der Waals surface area contributed by atoms with Gasteiger partial charge in [0.25, 0.3) is 5.69 Å². The summed E-state index contributed by atoms with van der Waals surface area (Å²) in [4.78, 5) is 20.6. The summed E-state index contributed by atoms with van der Waals surface area (Å²) in [6, 6.07) is 2.39. The third-order valence-electron chi connectivity index (χ3n) is 1.79. The van der Waals surface area contributed by atoms with E-state index < -0.39 is 10.9 Å². The summed E-state index contributed by atoms with van der Waals surface area (Å²) in [5.41, 5.74) is 0.279. The summed E-state index contributed by atoms with van der Waals surface area (Å²) in [5.74, 6) is -1.10. The van der Waals surface area contributed by atoms with E-state index in [9.17, 15) is 14.9 Å². The van der Waals surface area contributed by atoms with E-state index in [1.807, 2.05) is 0 Å². The van der Waals surface area contributed by atoms with Gasteiger partial charge in [0, 0.05) is 6.07 Å². The smallest absolute Gasteiger partial charge is 0.336 e. The lowest BCUT2D eigenvalue weighted by atomic mass is 10.1. The molecule has 0 unspecified atom stereocenters. The first kappa shape index (κ1) is 10.6. The molecular formula is C8H6BrNO4. The Labute approximate surface area is 87.6 Å². The van der Waals surface area contributed by atoms with Crippen molar-refractivity contribution >= 4 is 27.6 Å². The standard InChI is InChI=1S/C8H6BrNO4/c1-4-5(8(11)12)2-3-6(7(4)9)10(13)14/h2-3H,1H3,(H,11,12). The van der Waals surface area contributed by atoms with Gasteiger partial charge in [-0.05, 0) is 34.5 Å². The van der Waals surface area contributed by atoms with Crippen molar-refractivity contribution in [2.24, 2.45) is 0 Å². The van der Waals surface area contributed by atoms with E-state index in [2.05, 4.69) is 15.9 Å². The zero-order valence-corrected chi connectivity index (χ0v) is 8.74. The molecule has 6 heteroatoms. The highest BCUT2D eigenvalue weighted by Crippen LogP contribution is 2.30. The first-order chi connectivity index (χ1) is 6.45. The topological polar surface area (TPSA) is 80.4 Å². The number of halogens is 1. The molecule has 0 bridgehead atoms. The number of nitro groups is 1. The highest BCUT2D eigenvalue weighted by atomic mass is 79.9. The maximum absolute atomic E-state index is 10.7. The lowest BCUT2D eigenvalue weighted by Gasteiger charge is -2.03. The number of rotatable bonds is 2. The lowest BCUT2D eigenvalue weighted by molar-refractivity contribution is -0.385. The Hall–Kier alpha value is -1.43. The van der Waals surface area contributed by atoms with Crippen LogP contribution in [-0.4, -0.2) is 16.0 Å². The largest absolute Gasteiger partial charge is 0.478 e. The molecule has 0 aliphatic rings. The van der Waals surface area contributed by atoms with E-state index in [4.69, 9.17) is 5.11 Å². The fourth-order valence-electron chi connectivity index (χ4n) is 1.04. The number of carboxylic acids is 1. The van der Waals surface area contributed by atoms with Gasteiger partial charge in [-0.25, -0.2) is 4.79 Å². The van der Waals surface area contributed by atoms with E-state index in [-0.39, 0.29) is 15.7 Å². The Balaban J connectivity index is 3.41. The van der Waals surface area contributed by atoms with Gasteiger partial charge >= 0.3 is 5.97 Å². The minimum Gasteiger partial charge on any atom is -0.478 e. The number of carboxylic acid groups (broad SMARTS) is 1. The fraction of sp³-hybridized carbons (Fsp3) is 0.125. The molecule has 1 N–H and O–H groups in total. The second-order valence-electron chi connectivity index (χ2n) is 2.63. The molecule has 0 aromatic heterocycles. The number of hydrogen-bond acceptors (Lipinski definition) is 3. The van der Waals surface area contributed by atoms with Crippen molar-refractivity contribution in [3.05, 3.63) is 37.8 Å². The molecule has 0 amide bonds. The van der Waals surface area contributed by atoms with Crippen LogP contribution in [0, 0.1) is 17.0 Å². The summed E-state index contributed by atoms with van der Waals surface area (Å²) in [6.45, 7) is 1.51. The molecule has 14 heavy (non-hydrogen) atoms. The van der Waals surface area contributed by atoms with Crippen molar-refractivity contribution < 1.29 is 14.8 Å². The van der Waals surface area contributed by atoms with Crippen LogP contribution in [0.15, 0.2) is 16.6 Å². The first-order valence-electron chi connectivity index (χ1n) is 3.62. The van der Waals surface area contributed by atoms with Crippen molar-refractivity contribution in [1.82, 2.24) is 0 Å². The van der Waals surface area contributed by atoms with Gasteiger partial charge < -0.3 is 5.11 Å². The number of benzene rings is 1. The van der Waals surface area contributed by atoms with Crippen LogP contribution in [0.5, 0.6) is 0 Å². The molecule has 0 aliphatic carbocycles. The lowest BCUT2D eigenvalue weighted by Crippen LogP contribution is -2.01. The van der Waals surface area contributed by atoms with Gasteiger partial charge in [-0.2, -0.15) is 0 Å². The molecule has 0 aliphatic heterocycles. The summed E-state index contributed by atoms with van der Waals surface area (Å²) in [6.07, 6.45) is 0. The van der Waals surface area contributed by atoms with Crippen molar-refractivity contribution in [3.8, 4) is 0 Å². The third kappa shape index (κ3) is 1.74. The molecule has 0 heterocycles. The Morgan fingerprint density at radius 3 is 2.57 bits per heavy atom. The van der Waals surface area contributed by atoms with Crippen LogP contribution in [-0.2, 0) is 0 Å². The summed E-state index contributed by atoms with van der Waals surface area (Å²) >= 11 is 2.99. The van der Waals surface area contributed by atoms with Gasteiger partial charge in [0.15, 0.2) is 0 Å². The van der Waals surface area contributed by atoms with Crippen LogP contribution in [0.4, 0.5) is 5.69 Å². The van der Waals surface area contributed by atoms with Gasteiger partial charge in [-0.3, -0.25) is 10.1 Å². The maximum atomic E-state index is 10.7. The van der Waals surface area contributed by atoms with E-state index >= 15 is 0 Å². The van der Waals surface area contributed by atoms with Crippen molar-refractivity contribution in [3.63, 3.8) is 0 Å². The Morgan fingerprint density at radius 1 is 1.57 bits per heavy atom. The summed E-state index contributed by atoms with van der Waals surface area (Å²) in [5, 5.41) is 19.2. The van der Waals surface area contributed by atoms with Crippen LogP contribution in [0.2, 0.25) is 0 Å². The molecule has 1 rings (SSSR count). The van der Waals surface area contributed by atoms with E-state index in [0.29, 0.717) is 5.56 Å². The van der Waals surface area contributed by atoms with E-state index in [1.165, 1.54) is 19.1 Å². The molecule has 1 aromatic carbocycles. The van der Waals surface area contributed by atoms with Crippen LogP contribution in [0.25, 0.3) is 0 Å². The predicted octanol–water partition coefficient (Wildman–Crippen LogP) is 2.36. The molecule has 0 radical (unpaired) electrons. The second-order valence-corrected chi connectivity index (χ2v) is 3.43. The van der Waals surface area contributed by atoms with Gasteiger partial charge in [0.1, 0.15) is 0 Å². The van der Waals surface area contributed by atoms with Crippen LogP contribution >= 0.6 is 15.9 Å². The molecule has 0 fully saturated rings. The summed E-state index contributed by atoms with van der Waals surface area (Å²) < 4.78 is 0.211. The van der Waals surface area contributed by atoms with E-state index in [1.54, 1.807) is 0 Å². The highest BCUT2D eigenvalue weighted by molar-refractivity contribution is 9.10. The maximum Gasteiger partial charge on any atom is 0.336 e. The Bertz CT molecular complexity index is 377. The van der Waals surface area contributed by atoms with Gasteiger partial charge in [0.2, 0.25) is 0 Å². The molecule has 0 saturated heterocycles. The Morgan fingerprint density at radius 2 is 2.14 bits per heavy atom. The van der Waals surface area contributed by atoms with Gasteiger partial charge in [-0.15, -0.1) is 0 Å². The fourth-order valence-corrected chi connectivity index (χ4v) is 1.53. The molecular weight excluding hydrogens is 254 g/mol. The average molecular weight is 260 g/mol. The second kappa shape index (κ2) is 3.75. The Kier molecular flexibility index (Phi) is 2.85. The zero-order chi connectivity index (χ0) is 10.9. The molecule has 5 nitrogen and oxygen atoms in total. The highest BCUT2D eigenvalue weighted by Gasteiger charge is 2.18. The minimum absolute atomic E-state index is 0.0578. The van der Waals surface area contributed by atoms with Crippen molar-refractivity contribution in [2.75, 3.05) is 0 Å². The minimum atomic E-state index is -1.10. The van der Waals surface area contributed by atoms with Crippen molar-refractivity contribution in [1.29, 1.82) is 0 Å². The molecule has 74 valence electrons. The molecule has 0 saturated carbocycles. The molecule has 1 aromatic rings. The monoisotopic (exact) mass is 259 g/mol. The molecule has 0 atom stereocenters. The average Bonchev–Trinajstić information content (AvgIpc) is 2.08. The molecule has 0 spiro atoms.